The summed E-state index contributed by atoms with van der Waals surface area (Å²) in [7, 11) is 0. The summed E-state index contributed by atoms with van der Waals surface area (Å²) in [6.07, 6.45) is -2.43. The van der Waals surface area contributed by atoms with Gasteiger partial charge < -0.3 is 15.1 Å². The van der Waals surface area contributed by atoms with Crippen LogP contribution in [0.2, 0.25) is 0 Å². The number of thioether (sulfide) groups is 1. The fraction of sp³-hybridized carbons (Fsp3) is 0.429. The van der Waals surface area contributed by atoms with Gasteiger partial charge in [0.15, 0.2) is 0 Å². The van der Waals surface area contributed by atoms with Gasteiger partial charge in [-0.3, -0.25) is 14.6 Å². The van der Waals surface area contributed by atoms with E-state index in [9.17, 15) is 22.8 Å². The van der Waals surface area contributed by atoms with E-state index < -0.39 is 24.2 Å². The number of carbonyl (C=O) groups is 2. The lowest BCUT2D eigenvalue weighted by molar-refractivity contribution is -0.146. The topological polar surface area (TPSA) is 89.3 Å². The van der Waals surface area contributed by atoms with Crippen molar-refractivity contribution in [3.8, 4) is 6.07 Å². The van der Waals surface area contributed by atoms with E-state index in [1.807, 2.05) is 0 Å². The summed E-state index contributed by atoms with van der Waals surface area (Å²) in [5.74, 6) is 0.0322. The summed E-state index contributed by atoms with van der Waals surface area (Å²) in [6, 6.07) is 6.19. The summed E-state index contributed by atoms with van der Waals surface area (Å²) >= 11 is 1.47. The van der Waals surface area contributed by atoms with Gasteiger partial charge in [0.1, 0.15) is 12.1 Å². The predicted molar refractivity (Wildman–Crippen MR) is 114 cm³/mol. The number of hydrogen-bond acceptors (Lipinski definition) is 6. The van der Waals surface area contributed by atoms with Gasteiger partial charge >= 0.3 is 6.18 Å². The Kier molecular flexibility index (Phi) is 6.15. The number of pyridine rings is 1. The molecule has 168 valence electrons. The fourth-order valence-electron chi connectivity index (χ4n) is 4.07. The highest BCUT2D eigenvalue weighted by atomic mass is 32.2. The summed E-state index contributed by atoms with van der Waals surface area (Å²) in [6.45, 7) is 0.00321. The van der Waals surface area contributed by atoms with Crippen molar-refractivity contribution in [2.45, 2.75) is 31.1 Å². The number of amides is 2. The smallest absolute Gasteiger partial charge is 0.360 e. The van der Waals surface area contributed by atoms with E-state index in [0.29, 0.717) is 34.6 Å². The molecule has 32 heavy (non-hydrogen) atoms. The van der Waals surface area contributed by atoms with Crippen LogP contribution < -0.4 is 10.2 Å². The highest BCUT2D eigenvalue weighted by molar-refractivity contribution is 7.99. The Balaban J connectivity index is 1.55. The number of nitrogens with one attached hydrogen (secondary N) is 1. The van der Waals surface area contributed by atoms with E-state index >= 15 is 0 Å². The Hall–Kier alpha value is -3.00. The molecule has 2 unspecified atom stereocenters. The average Bonchev–Trinajstić information content (AvgIpc) is 3.46. The van der Waals surface area contributed by atoms with Crippen molar-refractivity contribution in [3.63, 3.8) is 0 Å². The molecule has 1 N–H and O–H groups in total. The van der Waals surface area contributed by atoms with Crippen LogP contribution in [0.1, 0.15) is 23.2 Å². The first-order valence-corrected chi connectivity index (χ1v) is 11.2. The van der Waals surface area contributed by atoms with Crippen molar-refractivity contribution < 1.29 is 22.8 Å². The zero-order valence-electron chi connectivity index (χ0n) is 16.9. The Morgan fingerprint density at radius 1 is 1.31 bits per heavy atom. The van der Waals surface area contributed by atoms with Gasteiger partial charge in [-0.25, -0.2) is 0 Å². The number of rotatable bonds is 4. The molecule has 3 heterocycles. The average molecular weight is 463 g/mol. The van der Waals surface area contributed by atoms with E-state index in [2.05, 4.69) is 16.4 Å². The van der Waals surface area contributed by atoms with Crippen LogP contribution in [0.4, 0.5) is 18.9 Å². The van der Waals surface area contributed by atoms with Crippen LogP contribution in [0.15, 0.2) is 30.5 Å². The van der Waals surface area contributed by atoms with Crippen LogP contribution in [0.25, 0.3) is 10.9 Å². The molecule has 2 atom stereocenters. The quantitative estimate of drug-likeness (QED) is 0.750. The van der Waals surface area contributed by atoms with Crippen LogP contribution in [-0.2, 0) is 4.79 Å². The van der Waals surface area contributed by atoms with Crippen LogP contribution in [0.3, 0.4) is 0 Å². The minimum absolute atomic E-state index is 0.0303. The second kappa shape index (κ2) is 8.86. The first kappa shape index (κ1) is 22.2. The van der Waals surface area contributed by atoms with E-state index in [-0.39, 0.29) is 31.0 Å². The molecule has 2 fully saturated rings. The standard InChI is InChI=1S/C21H20F3N5O2S/c22-21(23,24)18-2-1-7-28(18)13-3-4-17-16(8-13)15(5-6-26-17)20(31)27-10-19(30)29-12-32-11-14(29)9-25/h3-6,8,14,18H,1-2,7,10-12H2,(H,27,31). The molecule has 0 bridgehead atoms. The van der Waals surface area contributed by atoms with Gasteiger partial charge in [0.2, 0.25) is 5.91 Å². The molecule has 2 aromatic rings. The molecule has 2 saturated heterocycles. The minimum Gasteiger partial charge on any atom is -0.360 e. The van der Waals surface area contributed by atoms with Crippen LogP contribution >= 0.6 is 11.8 Å². The monoisotopic (exact) mass is 463 g/mol. The molecule has 1 aromatic carbocycles. The highest BCUT2D eigenvalue weighted by Crippen LogP contribution is 2.37. The first-order chi connectivity index (χ1) is 15.3. The van der Waals surface area contributed by atoms with Gasteiger partial charge in [0.05, 0.1) is 29.6 Å². The van der Waals surface area contributed by atoms with Gasteiger partial charge in [-0.1, -0.05) is 0 Å². The predicted octanol–water partition coefficient (Wildman–Crippen LogP) is 2.92. The number of nitriles is 1. The molecule has 11 heteroatoms. The molecule has 0 spiro atoms. The number of benzene rings is 1. The second-order valence-electron chi connectivity index (χ2n) is 7.64. The maximum Gasteiger partial charge on any atom is 0.408 e. The van der Waals surface area contributed by atoms with Gasteiger partial charge in [-0.2, -0.15) is 18.4 Å². The van der Waals surface area contributed by atoms with Crippen LogP contribution in [-0.4, -0.2) is 64.7 Å². The first-order valence-electron chi connectivity index (χ1n) is 10.1. The zero-order chi connectivity index (χ0) is 22.9. The van der Waals surface area contributed by atoms with E-state index in [0.717, 1.165) is 0 Å². The fourth-order valence-corrected chi connectivity index (χ4v) is 5.18. The van der Waals surface area contributed by atoms with Crippen LogP contribution in [0, 0.1) is 11.3 Å². The van der Waals surface area contributed by atoms with Crippen molar-refractivity contribution in [1.82, 2.24) is 15.2 Å². The van der Waals surface area contributed by atoms with E-state index in [4.69, 9.17) is 5.26 Å². The van der Waals surface area contributed by atoms with Crippen molar-refractivity contribution in [3.05, 3.63) is 36.0 Å². The molecule has 0 radical (unpaired) electrons. The number of nitrogens with zero attached hydrogens (tertiary/aromatic N) is 4. The van der Waals surface area contributed by atoms with Crippen LogP contribution in [0.5, 0.6) is 0 Å². The Morgan fingerprint density at radius 3 is 2.88 bits per heavy atom. The third-order valence-corrected chi connectivity index (χ3v) is 6.70. The van der Waals surface area contributed by atoms with E-state index in [1.165, 1.54) is 33.8 Å². The second-order valence-corrected chi connectivity index (χ2v) is 8.64. The van der Waals surface area contributed by atoms with Crippen molar-refractivity contribution >= 4 is 40.2 Å². The Bertz CT molecular complexity index is 1090. The van der Waals surface area contributed by atoms with Gasteiger partial charge in [-0.15, -0.1) is 11.8 Å². The Morgan fingerprint density at radius 2 is 2.12 bits per heavy atom. The highest BCUT2D eigenvalue weighted by Gasteiger charge is 2.46. The van der Waals surface area contributed by atoms with Crippen molar-refractivity contribution in [2.75, 3.05) is 29.6 Å². The lowest BCUT2D eigenvalue weighted by atomic mass is 10.1. The minimum atomic E-state index is -4.34. The molecule has 0 aliphatic carbocycles. The van der Waals surface area contributed by atoms with Gasteiger partial charge in [-0.05, 0) is 37.1 Å². The summed E-state index contributed by atoms with van der Waals surface area (Å²) in [5.41, 5.74) is 1.07. The summed E-state index contributed by atoms with van der Waals surface area (Å²) < 4.78 is 40.2. The van der Waals surface area contributed by atoms with Gasteiger partial charge in [0.25, 0.3) is 5.91 Å². The maximum absolute atomic E-state index is 13.4. The number of anilines is 1. The summed E-state index contributed by atoms with van der Waals surface area (Å²) in [4.78, 5) is 32.1. The number of carbonyl (C=O) groups excluding carboxylic acids is 2. The molecule has 2 aliphatic rings. The molecule has 7 nitrogen and oxygen atoms in total. The molecule has 1 aromatic heterocycles. The molecule has 0 saturated carbocycles. The Labute approximate surface area is 186 Å². The molecular weight excluding hydrogens is 443 g/mol. The van der Waals surface area contributed by atoms with Crippen molar-refractivity contribution in [2.24, 2.45) is 0 Å². The normalized spacial score (nSPS) is 21.1. The molecule has 4 rings (SSSR count). The molecular formula is C21H20F3N5O2S. The number of fused-ring (bicyclic) bond motifs is 1. The lowest BCUT2D eigenvalue weighted by Gasteiger charge is -2.28. The number of hydrogen-bond donors (Lipinski definition) is 1. The van der Waals surface area contributed by atoms with Gasteiger partial charge in [0, 0.05) is 29.6 Å². The molecule has 2 amide bonds. The third-order valence-electron chi connectivity index (χ3n) is 5.68. The summed E-state index contributed by atoms with van der Waals surface area (Å²) in [5, 5.41) is 12.1. The number of aromatic nitrogens is 1. The number of alkyl halides is 3. The third kappa shape index (κ3) is 4.32. The van der Waals surface area contributed by atoms with Crippen molar-refractivity contribution in [1.29, 1.82) is 5.26 Å². The zero-order valence-corrected chi connectivity index (χ0v) is 17.7. The van der Waals surface area contributed by atoms with E-state index in [1.54, 1.807) is 18.2 Å². The largest absolute Gasteiger partial charge is 0.408 e. The number of halogens is 3. The molecule has 2 aliphatic heterocycles. The lowest BCUT2D eigenvalue weighted by Crippen LogP contribution is -2.42. The maximum atomic E-state index is 13.4. The SMILES string of the molecule is N#CC1CSCN1C(=O)CNC(=O)c1ccnc2ccc(N3CCCC3C(F)(F)F)cc12.